The van der Waals surface area contributed by atoms with Gasteiger partial charge in [0.1, 0.15) is 6.23 Å². The maximum absolute atomic E-state index is 13.0. The number of likely N-dealkylation sites (tertiary alicyclic amines) is 1. The van der Waals surface area contributed by atoms with Crippen molar-refractivity contribution in [3.63, 3.8) is 0 Å². The van der Waals surface area contributed by atoms with Crippen molar-refractivity contribution in [1.29, 1.82) is 0 Å². The van der Waals surface area contributed by atoms with Gasteiger partial charge in [0.2, 0.25) is 11.8 Å². The largest absolute Gasteiger partial charge is 0.463 e. The first kappa shape index (κ1) is 21.1. The summed E-state index contributed by atoms with van der Waals surface area (Å²) in [5.74, 6) is -1.07. The molecule has 4 rings (SSSR count). The van der Waals surface area contributed by atoms with Crippen molar-refractivity contribution in [1.82, 2.24) is 9.80 Å². The average molecular weight is 417 g/mol. The number of carbonyl (C=O) groups is 3. The molecule has 0 bridgehead atoms. The van der Waals surface area contributed by atoms with Crippen LogP contribution in [0.15, 0.2) is 22.4 Å². The van der Waals surface area contributed by atoms with Crippen LogP contribution in [-0.4, -0.2) is 60.6 Å². The highest BCUT2D eigenvalue weighted by Crippen LogP contribution is 2.48. The summed E-state index contributed by atoms with van der Waals surface area (Å²) in [6.45, 7) is 7.33. The molecule has 0 N–H and O–H groups in total. The molecule has 3 heterocycles. The van der Waals surface area contributed by atoms with Gasteiger partial charge in [-0.3, -0.25) is 14.5 Å². The average Bonchev–Trinajstić information content (AvgIpc) is 2.87. The van der Waals surface area contributed by atoms with Gasteiger partial charge in [0.25, 0.3) is 0 Å². The van der Waals surface area contributed by atoms with E-state index in [1.165, 1.54) is 16.0 Å². The Hall–Kier alpha value is -2.15. The number of hydrogen-bond donors (Lipinski definition) is 0. The van der Waals surface area contributed by atoms with Crippen LogP contribution in [0.3, 0.4) is 0 Å². The first-order chi connectivity index (χ1) is 14.4. The number of esters is 1. The van der Waals surface area contributed by atoms with Crippen LogP contribution in [0.4, 0.5) is 0 Å². The van der Waals surface area contributed by atoms with Crippen molar-refractivity contribution in [3.05, 3.63) is 22.4 Å². The summed E-state index contributed by atoms with van der Waals surface area (Å²) in [7, 11) is 1.60. The summed E-state index contributed by atoms with van der Waals surface area (Å²) in [5.41, 5.74) is 4.05. The topological polar surface area (TPSA) is 76.2 Å². The van der Waals surface area contributed by atoms with Crippen LogP contribution in [0.2, 0.25) is 0 Å². The van der Waals surface area contributed by atoms with Gasteiger partial charge in [-0.25, -0.2) is 4.79 Å². The molecule has 0 aromatic rings. The van der Waals surface area contributed by atoms with Crippen molar-refractivity contribution in [2.75, 3.05) is 26.8 Å². The van der Waals surface area contributed by atoms with E-state index in [-0.39, 0.29) is 41.8 Å². The fraction of sp³-hybridized carbons (Fsp3) is 0.696. The second-order valence-corrected chi connectivity index (χ2v) is 8.80. The standard InChI is InChI=1S/C23H32N2O5/c1-5-7-14-10-16-20(22(27)24(4)21(16)26)17-11-25-13(3)15(23(28)29-6-2)8-9-19(25)30-12-18(14)17/h16-17,19-20H,5-12H2,1-4H3/t16-,17+,19+,20-/m1/s1. The Morgan fingerprint density at radius 3 is 2.67 bits per heavy atom. The molecule has 3 aliphatic heterocycles. The van der Waals surface area contributed by atoms with Crippen LogP contribution in [0.1, 0.15) is 52.9 Å². The zero-order chi connectivity index (χ0) is 21.6. The molecule has 0 aromatic carbocycles. The van der Waals surface area contributed by atoms with Crippen molar-refractivity contribution < 1.29 is 23.9 Å². The van der Waals surface area contributed by atoms with Crippen LogP contribution in [0.5, 0.6) is 0 Å². The molecule has 7 heteroatoms. The number of amides is 2. The van der Waals surface area contributed by atoms with Crippen molar-refractivity contribution in [2.24, 2.45) is 17.8 Å². The van der Waals surface area contributed by atoms with E-state index in [0.29, 0.717) is 38.2 Å². The maximum atomic E-state index is 13.0. The van der Waals surface area contributed by atoms with Crippen LogP contribution in [0, 0.1) is 17.8 Å². The highest BCUT2D eigenvalue weighted by Gasteiger charge is 2.54. The molecule has 0 aromatic heterocycles. The molecule has 0 saturated carbocycles. The minimum Gasteiger partial charge on any atom is -0.463 e. The van der Waals surface area contributed by atoms with Crippen molar-refractivity contribution >= 4 is 17.8 Å². The number of nitrogens with zero attached hydrogens (tertiary/aromatic N) is 2. The van der Waals surface area contributed by atoms with Gasteiger partial charge in [-0.05, 0) is 45.1 Å². The normalized spacial score (nSPS) is 31.5. The van der Waals surface area contributed by atoms with Crippen molar-refractivity contribution in [2.45, 2.75) is 59.1 Å². The molecule has 0 radical (unpaired) electrons. The van der Waals surface area contributed by atoms with Gasteiger partial charge in [-0.1, -0.05) is 18.9 Å². The smallest absolute Gasteiger partial charge is 0.335 e. The molecule has 0 unspecified atom stereocenters. The van der Waals surface area contributed by atoms with Crippen molar-refractivity contribution in [3.8, 4) is 0 Å². The Labute approximate surface area is 178 Å². The molecule has 7 nitrogen and oxygen atoms in total. The third-order valence-electron chi connectivity index (χ3n) is 7.25. The lowest BCUT2D eigenvalue weighted by Gasteiger charge is -2.40. The predicted octanol–water partition coefficient (Wildman–Crippen LogP) is 2.62. The molecule has 1 aliphatic carbocycles. The van der Waals surface area contributed by atoms with Gasteiger partial charge in [0, 0.05) is 25.2 Å². The predicted molar refractivity (Wildman–Crippen MR) is 110 cm³/mol. The molecule has 30 heavy (non-hydrogen) atoms. The van der Waals surface area contributed by atoms with Gasteiger partial charge in [0.15, 0.2) is 0 Å². The zero-order valence-corrected chi connectivity index (χ0v) is 18.4. The number of imide groups is 1. The Balaban J connectivity index is 1.73. The summed E-state index contributed by atoms with van der Waals surface area (Å²) in [5, 5.41) is 0. The highest BCUT2D eigenvalue weighted by atomic mass is 16.5. The third-order valence-corrected chi connectivity index (χ3v) is 7.25. The molecule has 0 spiro atoms. The zero-order valence-electron chi connectivity index (χ0n) is 18.4. The lowest BCUT2D eigenvalue weighted by Crippen LogP contribution is -2.44. The lowest BCUT2D eigenvalue weighted by molar-refractivity contribution is -0.140. The third kappa shape index (κ3) is 3.27. The maximum Gasteiger partial charge on any atom is 0.335 e. The molecular formula is C23H32N2O5. The van der Waals surface area contributed by atoms with E-state index < -0.39 is 0 Å². The number of fused-ring (bicyclic) bond motifs is 4. The van der Waals surface area contributed by atoms with Crippen LogP contribution in [-0.2, 0) is 23.9 Å². The quantitative estimate of drug-likeness (QED) is 0.398. The molecular weight excluding hydrogens is 384 g/mol. The first-order valence-corrected chi connectivity index (χ1v) is 11.2. The Bertz CT molecular complexity index is 829. The molecule has 4 atom stereocenters. The van der Waals surface area contributed by atoms with E-state index in [0.717, 1.165) is 25.0 Å². The first-order valence-electron chi connectivity index (χ1n) is 11.2. The fourth-order valence-electron chi connectivity index (χ4n) is 5.73. The van der Waals surface area contributed by atoms with Gasteiger partial charge < -0.3 is 14.4 Å². The monoisotopic (exact) mass is 416 g/mol. The van der Waals surface area contributed by atoms with Gasteiger partial charge in [0.05, 0.1) is 30.6 Å². The van der Waals surface area contributed by atoms with E-state index in [9.17, 15) is 14.4 Å². The Morgan fingerprint density at radius 1 is 1.20 bits per heavy atom. The van der Waals surface area contributed by atoms with Gasteiger partial charge >= 0.3 is 5.97 Å². The number of rotatable bonds is 4. The minimum absolute atomic E-state index is 0.0579. The second-order valence-electron chi connectivity index (χ2n) is 8.80. The summed E-state index contributed by atoms with van der Waals surface area (Å²) < 4.78 is 11.6. The fourth-order valence-corrected chi connectivity index (χ4v) is 5.73. The van der Waals surface area contributed by atoms with Crippen LogP contribution < -0.4 is 0 Å². The molecule has 2 amide bonds. The summed E-state index contributed by atoms with van der Waals surface area (Å²) >= 11 is 0. The van der Waals surface area contributed by atoms with Gasteiger partial charge in [-0.2, -0.15) is 0 Å². The SMILES string of the molecule is CCCC1=C2CO[C@H]3CCC(C(=O)OCC)=C(C)N3C[C@@H]2[C@@H]2C(=O)N(C)C(=O)[C@@H]2C1. The van der Waals surface area contributed by atoms with E-state index >= 15 is 0 Å². The number of carbonyl (C=O) groups excluding carboxylic acids is 3. The highest BCUT2D eigenvalue weighted by molar-refractivity contribution is 6.05. The molecule has 2 fully saturated rings. The van der Waals surface area contributed by atoms with E-state index in [2.05, 4.69) is 11.8 Å². The number of hydrogen-bond acceptors (Lipinski definition) is 6. The van der Waals surface area contributed by atoms with E-state index in [4.69, 9.17) is 9.47 Å². The van der Waals surface area contributed by atoms with Crippen LogP contribution in [0.25, 0.3) is 0 Å². The van der Waals surface area contributed by atoms with Gasteiger partial charge in [-0.15, -0.1) is 0 Å². The summed E-state index contributed by atoms with van der Waals surface area (Å²) in [4.78, 5) is 41.7. The molecule has 164 valence electrons. The lowest BCUT2D eigenvalue weighted by atomic mass is 9.69. The molecule has 2 saturated heterocycles. The van der Waals surface area contributed by atoms with Crippen LogP contribution >= 0.6 is 0 Å². The summed E-state index contributed by atoms with van der Waals surface area (Å²) in [6.07, 6.45) is 3.82. The molecule has 4 aliphatic rings. The van der Waals surface area contributed by atoms with E-state index in [1.54, 1.807) is 7.05 Å². The second kappa shape index (κ2) is 8.17. The number of ether oxygens (including phenoxy) is 2. The number of allylic oxidation sites excluding steroid dienone is 2. The van der Waals surface area contributed by atoms with E-state index in [1.807, 2.05) is 13.8 Å². The summed E-state index contributed by atoms with van der Waals surface area (Å²) in [6, 6.07) is 0. The minimum atomic E-state index is -0.332. The Morgan fingerprint density at radius 2 is 1.97 bits per heavy atom. The Kier molecular flexibility index (Phi) is 5.75.